The van der Waals surface area contributed by atoms with Gasteiger partial charge in [0.25, 0.3) is 0 Å². The molecule has 0 radical (unpaired) electrons. The van der Waals surface area contributed by atoms with Crippen LogP contribution in [0, 0.1) is 0 Å². The summed E-state index contributed by atoms with van der Waals surface area (Å²) in [5.74, 6) is 0. The van der Waals surface area contributed by atoms with Crippen LogP contribution in [0.2, 0.25) is 0 Å². The second-order valence-electron chi connectivity index (χ2n) is 4.88. The van der Waals surface area contributed by atoms with Gasteiger partial charge in [0.1, 0.15) is 0 Å². The lowest BCUT2D eigenvalue weighted by Crippen LogP contribution is -2.13. The number of hydrogen-bond acceptors (Lipinski definition) is 3. The van der Waals surface area contributed by atoms with Crippen LogP contribution in [-0.4, -0.2) is 48.4 Å². The SMILES string of the molecule is CN(C)CCCN=CNc1ccc(-c2cnc[nH]2)cc1. The molecule has 2 aromatic rings. The van der Waals surface area contributed by atoms with Gasteiger partial charge >= 0.3 is 0 Å². The minimum absolute atomic E-state index is 0.845. The van der Waals surface area contributed by atoms with Gasteiger partial charge in [0, 0.05) is 12.2 Å². The molecule has 5 nitrogen and oxygen atoms in total. The molecule has 0 bridgehead atoms. The van der Waals surface area contributed by atoms with E-state index in [9.17, 15) is 0 Å². The Morgan fingerprint density at radius 1 is 1.30 bits per heavy atom. The summed E-state index contributed by atoms with van der Waals surface area (Å²) in [7, 11) is 4.15. The Hall–Kier alpha value is -2.14. The number of aliphatic imine (C=N–C) groups is 1. The number of aromatic nitrogens is 2. The van der Waals surface area contributed by atoms with Crippen LogP contribution < -0.4 is 5.32 Å². The van der Waals surface area contributed by atoms with Gasteiger partial charge in [-0.25, -0.2) is 4.98 Å². The van der Waals surface area contributed by atoms with E-state index in [4.69, 9.17) is 0 Å². The van der Waals surface area contributed by atoms with E-state index in [1.807, 2.05) is 18.3 Å². The zero-order valence-corrected chi connectivity index (χ0v) is 12.0. The molecule has 1 aromatic carbocycles. The molecule has 0 saturated carbocycles. The number of benzene rings is 1. The highest BCUT2D eigenvalue weighted by Crippen LogP contribution is 2.18. The van der Waals surface area contributed by atoms with Gasteiger partial charge in [-0.2, -0.15) is 0 Å². The number of nitrogens with one attached hydrogen (secondary N) is 2. The molecule has 5 heteroatoms. The summed E-state index contributed by atoms with van der Waals surface area (Å²) < 4.78 is 0. The molecular weight excluding hydrogens is 250 g/mol. The van der Waals surface area contributed by atoms with E-state index in [-0.39, 0.29) is 0 Å². The van der Waals surface area contributed by atoms with E-state index in [1.165, 1.54) is 0 Å². The molecule has 106 valence electrons. The third kappa shape index (κ3) is 4.51. The summed E-state index contributed by atoms with van der Waals surface area (Å²) in [6.07, 6.45) is 6.33. The number of aromatic amines is 1. The van der Waals surface area contributed by atoms with E-state index < -0.39 is 0 Å². The van der Waals surface area contributed by atoms with Gasteiger partial charge in [0.15, 0.2) is 0 Å². The van der Waals surface area contributed by atoms with Gasteiger partial charge in [-0.15, -0.1) is 0 Å². The predicted octanol–water partition coefficient (Wildman–Crippen LogP) is 2.47. The number of hydrogen-bond donors (Lipinski definition) is 2. The van der Waals surface area contributed by atoms with Crippen molar-refractivity contribution in [3.63, 3.8) is 0 Å². The van der Waals surface area contributed by atoms with Gasteiger partial charge in [-0.1, -0.05) is 12.1 Å². The van der Waals surface area contributed by atoms with Crippen molar-refractivity contribution in [1.29, 1.82) is 0 Å². The molecule has 0 aliphatic rings. The lowest BCUT2D eigenvalue weighted by atomic mass is 10.1. The van der Waals surface area contributed by atoms with E-state index in [0.29, 0.717) is 0 Å². The van der Waals surface area contributed by atoms with E-state index in [1.54, 1.807) is 12.7 Å². The largest absolute Gasteiger partial charge is 0.347 e. The number of rotatable bonds is 7. The maximum Gasteiger partial charge on any atom is 0.0924 e. The zero-order valence-electron chi connectivity index (χ0n) is 12.0. The zero-order chi connectivity index (χ0) is 14.2. The summed E-state index contributed by atoms with van der Waals surface area (Å²) in [5, 5.41) is 3.17. The number of anilines is 1. The summed E-state index contributed by atoms with van der Waals surface area (Å²) in [4.78, 5) is 13.6. The standard InChI is InChI=1S/C15H21N5/c1-20(2)9-3-8-16-11-18-14-6-4-13(5-7-14)15-10-17-12-19-15/h4-7,10-12H,3,8-9H2,1-2H3,(H,16,18)(H,17,19). The summed E-state index contributed by atoms with van der Waals surface area (Å²) >= 11 is 0. The molecule has 0 atom stereocenters. The molecule has 0 amide bonds. The Morgan fingerprint density at radius 2 is 2.10 bits per heavy atom. The van der Waals surface area contributed by atoms with Crippen molar-refractivity contribution >= 4 is 12.0 Å². The molecular formula is C15H21N5. The molecule has 20 heavy (non-hydrogen) atoms. The first-order valence-corrected chi connectivity index (χ1v) is 6.74. The molecule has 0 aliphatic carbocycles. The third-order valence-electron chi connectivity index (χ3n) is 2.91. The molecule has 0 fully saturated rings. The summed E-state index contributed by atoms with van der Waals surface area (Å²) in [6, 6.07) is 8.16. The Kier molecular flexibility index (Phi) is 5.32. The normalized spacial score (nSPS) is 11.3. The molecule has 1 heterocycles. The van der Waals surface area contributed by atoms with Crippen LogP contribution in [-0.2, 0) is 0 Å². The fourth-order valence-corrected chi connectivity index (χ4v) is 1.82. The first-order valence-electron chi connectivity index (χ1n) is 6.74. The Morgan fingerprint density at radius 3 is 2.75 bits per heavy atom. The van der Waals surface area contributed by atoms with Gasteiger partial charge < -0.3 is 15.2 Å². The molecule has 0 unspecified atom stereocenters. The Labute approximate surface area is 119 Å². The van der Waals surface area contributed by atoms with E-state index >= 15 is 0 Å². The number of H-pyrrole nitrogens is 1. The first-order chi connectivity index (χ1) is 9.75. The maximum atomic E-state index is 4.33. The average Bonchev–Trinajstić information content (AvgIpc) is 2.97. The second-order valence-corrected chi connectivity index (χ2v) is 4.88. The van der Waals surface area contributed by atoms with Crippen LogP contribution >= 0.6 is 0 Å². The second kappa shape index (κ2) is 7.45. The van der Waals surface area contributed by atoms with Crippen molar-refractivity contribution in [2.45, 2.75) is 6.42 Å². The van der Waals surface area contributed by atoms with Gasteiger partial charge in [0.2, 0.25) is 0 Å². The van der Waals surface area contributed by atoms with E-state index in [0.717, 1.165) is 36.5 Å². The van der Waals surface area contributed by atoms with Gasteiger partial charge in [0.05, 0.1) is 24.6 Å². The number of nitrogens with zero attached hydrogens (tertiary/aromatic N) is 3. The molecule has 0 aliphatic heterocycles. The van der Waals surface area contributed by atoms with Crippen molar-refractivity contribution in [1.82, 2.24) is 14.9 Å². The lowest BCUT2D eigenvalue weighted by molar-refractivity contribution is 0.403. The predicted molar refractivity (Wildman–Crippen MR) is 84.2 cm³/mol. The first kappa shape index (κ1) is 14.3. The van der Waals surface area contributed by atoms with Crippen molar-refractivity contribution in [3.05, 3.63) is 36.8 Å². The highest BCUT2D eigenvalue weighted by Gasteiger charge is 1.97. The minimum Gasteiger partial charge on any atom is -0.347 e. The Balaban J connectivity index is 1.78. The van der Waals surface area contributed by atoms with Crippen molar-refractivity contribution in [2.75, 3.05) is 32.5 Å². The maximum absolute atomic E-state index is 4.33. The highest BCUT2D eigenvalue weighted by atomic mass is 15.0. The van der Waals surface area contributed by atoms with Crippen LogP contribution in [0.4, 0.5) is 5.69 Å². The minimum atomic E-state index is 0.845. The summed E-state index contributed by atoms with van der Waals surface area (Å²) in [5.41, 5.74) is 3.18. The fraction of sp³-hybridized carbons (Fsp3) is 0.333. The number of imidazole rings is 1. The molecule has 2 N–H and O–H groups in total. The summed E-state index contributed by atoms with van der Waals surface area (Å²) in [6.45, 7) is 1.91. The topological polar surface area (TPSA) is 56.3 Å². The van der Waals surface area contributed by atoms with Crippen LogP contribution in [0.3, 0.4) is 0 Å². The van der Waals surface area contributed by atoms with Crippen LogP contribution in [0.1, 0.15) is 6.42 Å². The fourth-order valence-electron chi connectivity index (χ4n) is 1.82. The highest BCUT2D eigenvalue weighted by molar-refractivity contribution is 5.76. The van der Waals surface area contributed by atoms with Crippen LogP contribution in [0.5, 0.6) is 0 Å². The van der Waals surface area contributed by atoms with Crippen molar-refractivity contribution in [2.24, 2.45) is 4.99 Å². The lowest BCUT2D eigenvalue weighted by Gasteiger charge is -2.06. The van der Waals surface area contributed by atoms with Crippen LogP contribution in [0.15, 0.2) is 41.8 Å². The third-order valence-corrected chi connectivity index (χ3v) is 2.91. The average molecular weight is 271 g/mol. The Bertz CT molecular complexity index is 514. The monoisotopic (exact) mass is 271 g/mol. The quantitative estimate of drug-likeness (QED) is 0.462. The molecule has 0 spiro atoms. The smallest absolute Gasteiger partial charge is 0.0924 e. The molecule has 1 aromatic heterocycles. The van der Waals surface area contributed by atoms with E-state index in [2.05, 4.69) is 51.4 Å². The molecule has 0 saturated heterocycles. The molecule has 2 rings (SSSR count). The van der Waals surface area contributed by atoms with Gasteiger partial charge in [-0.05, 0) is 44.8 Å². The van der Waals surface area contributed by atoms with Crippen molar-refractivity contribution < 1.29 is 0 Å². The van der Waals surface area contributed by atoms with Crippen LogP contribution in [0.25, 0.3) is 11.3 Å². The van der Waals surface area contributed by atoms with Crippen molar-refractivity contribution in [3.8, 4) is 11.3 Å². The van der Waals surface area contributed by atoms with Gasteiger partial charge in [-0.3, -0.25) is 4.99 Å².